The molecule has 25 heavy (non-hydrogen) atoms. The van der Waals surface area contributed by atoms with Crippen molar-refractivity contribution >= 4 is 17.5 Å². The Hall–Kier alpha value is -3.39. The van der Waals surface area contributed by atoms with Gasteiger partial charge < -0.3 is 10.6 Å². The number of hydrogen-bond acceptors (Lipinski definition) is 5. The number of aryl methyl sites for hydroxylation is 1. The number of nitriles is 1. The standard InChI is InChI=1S/C20H19N5/c1-15-13-19(24-18-9-7-17(14-21)8-10-18)25-20(23-15)22-12-11-16-5-3-2-4-6-16/h2-10,13H,11-12H2,1H3,(H2,22,23,24,25). The van der Waals surface area contributed by atoms with E-state index < -0.39 is 0 Å². The fourth-order valence-corrected chi connectivity index (χ4v) is 2.45. The second kappa shape index (κ2) is 7.93. The van der Waals surface area contributed by atoms with Crippen LogP contribution in [-0.2, 0) is 6.42 Å². The first-order chi connectivity index (χ1) is 12.2. The van der Waals surface area contributed by atoms with E-state index in [1.165, 1.54) is 5.56 Å². The van der Waals surface area contributed by atoms with E-state index >= 15 is 0 Å². The predicted molar refractivity (Wildman–Crippen MR) is 99.8 cm³/mol. The van der Waals surface area contributed by atoms with Crippen LogP contribution in [0.4, 0.5) is 17.5 Å². The molecule has 0 saturated heterocycles. The van der Waals surface area contributed by atoms with Crippen molar-refractivity contribution in [2.45, 2.75) is 13.3 Å². The van der Waals surface area contributed by atoms with Gasteiger partial charge in [-0.3, -0.25) is 0 Å². The Kier molecular flexibility index (Phi) is 5.22. The zero-order valence-electron chi connectivity index (χ0n) is 14.0. The molecular formula is C20H19N5. The number of aromatic nitrogens is 2. The van der Waals surface area contributed by atoms with Gasteiger partial charge in [0.1, 0.15) is 5.82 Å². The molecule has 0 radical (unpaired) electrons. The molecule has 0 spiro atoms. The van der Waals surface area contributed by atoms with E-state index in [-0.39, 0.29) is 0 Å². The van der Waals surface area contributed by atoms with Crippen LogP contribution in [-0.4, -0.2) is 16.5 Å². The minimum absolute atomic E-state index is 0.604. The van der Waals surface area contributed by atoms with E-state index in [0.717, 1.165) is 30.2 Å². The molecule has 2 N–H and O–H groups in total. The van der Waals surface area contributed by atoms with Gasteiger partial charge in [-0.2, -0.15) is 10.2 Å². The summed E-state index contributed by atoms with van der Waals surface area (Å²) in [7, 11) is 0. The summed E-state index contributed by atoms with van der Waals surface area (Å²) in [6.45, 7) is 2.71. The van der Waals surface area contributed by atoms with Crippen molar-refractivity contribution in [2.75, 3.05) is 17.2 Å². The molecule has 5 heteroatoms. The smallest absolute Gasteiger partial charge is 0.224 e. The van der Waals surface area contributed by atoms with Crippen molar-refractivity contribution in [2.24, 2.45) is 0 Å². The Morgan fingerprint density at radius 1 is 1.00 bits per heavy atom. The van der Waals surface area contributed by atoms with Gasteiger partial charge in [-0.1, -0.05) is 30.3 Å². The normalized spacial score (nSPS) is 10.1. The second-order valence-corrected chi connectivity index (χ2v) is 5.69. The zero-order valence-corrected chi connectivity index (χ0v) is 14.0. The molecule has 0 bridgehead atoms. The highest BCUT2D eigenvalue weighted by atomic mass is 15.1. The monoisotopic (exact) mass is 329 g/mol. The molecule has 0 aliphatic rings. The topological polar surface area (TPSA) is 73.6 Å². The van der Waals surface area contributed by atoms with Crippen LogP contribution in [0, 0.1) is 18.3 Å². The van der Waals surface area contributed by atoms with Crippen molar-refractivity contribution < 1.29 is 0 Å². The van der Waals surface area contributed by atoms with Gasteiger partial charge in [-0.05, 0) is 43.2 Å². The maximum absolute atomic E-state index is 8.86. The van der Waals surface area contributed by atoms with E-state index in [1.54, 1.807) is 12.1 Å². The molecule has 3 rings (SSSR count). The van der Waals surface area contributed by atoms with Crippen LogP contribution in [0.25, 0.3) is 0 Å². The van der Waals surface area contributed by atoms with E-state index in [1.807, 2.05) is 43.3 Å². The summed E-state index contributed by atoms with van der Waals surface area (Å²) in [6.07, 6.45) is 0.913. The maximum atomic E-state index is 8.86. The second-order valence-electron chi connectivity index (χ2n) is 5.69. The largest absolute Gasteiger partial charge is 0.354 e. The molecule has 0 amide bonds. The number of hydrogen-bond donors (Lipinski definition) is 2. The molecule has 2 aromatic carbocycles. The van der Waals surface area contributed by atoms with Crippen LogP contribution in [0.2, 0.25) is 0 Å². The molecule has 1 heterocycles. The minimum Gasteiger partial charge on any atom is -0.354 e. The molecular weight excluding hydrogens is 310 g/mol. The SMILES string of the molecule is Cc1cc(Nc2ccc(C#N)cc2)nc(NCCc2ccccc2)n1. The number of rotatable bonds is 6. The Bertz CT molecular complexity index is 867. The number of benzene rings is 2. The first-order valence-corrected chi connectivity index (χ1v) is 8.13. The van der Waals surface area contributed by atoms with Gasteiger partial charge >= 0.3 is 0 Å². The van der Waals surface area contributed by atoms with Gasteiger partial charge in [-0.25, -0.2) is 4.98 Å². The lowest BCUT2D eigenvalue weighted by molar-refractivity contribution is 0.976. The zero-order chi connectivity index (χ0) is 17.5. The summed E-state index contributed by atoms with van der Waals surface area (Å²) in [6, 6.07) is 21.6. The first kappa shape index (κ1) is 16.5. The van der Waals surface area contributed by atoms with Crippen LogP contribution in [0.15, 0.2) is 60.7 Å². The lowest BCUT2D eigenvalue weighted by Gasteiger charge is -2.10. The highest BCUT2D eigenvalue weighted by Crippen LogP contribution is 2.17. The Balaban J connectivity index is 1.64. The maximum Gasteiger partial charge on any atom is 0.224 e. The van der Waals surface area contributed by atoms with E-state index in [0.29, 0.717) is 11.5 Å². The molecule has 124 valence electrons. The van der Waals surface area contributed by atoms with Gasteiger partial charge in [0.15, 0.2) is 0 Å². The number of nitrogens with zero attached hydrogens (tertiary/aromatic N) is 3. The summed E-state index contributed by atoms with van der Waals surface area (Å²) in [5.74, 6) is 1.33. The third-order valence-electron chi connectivity index (χ3n) is 3.68. The molecule has 5 nitrogen and oxygen atoms in total. The lowest BCUT2D eigenvalue weighted by atomic mass is 10.1. The van der Waals surface area contributed by atoms with Crippen molar-refractivity contribution in [1.29, 1.82) is 5.26 Å². The predicted octanol–water partition coefficient (Wildman–Crippen LogP) is 4.05. The van der Waals surface area contributed by atoms with Gasteiger partial charge in [0.25, 0.3) is 0 Å². The molecule has 0 aliphatic heterocycles. The van der Waals surface area contributed by atoms with Crippen molar-refractivity contribution in [1.82, 2.24) is 9.97 Å². The Morgan fingerprint density at radius 2 is 1.76 bits per heavy atom. The highest BCUT2D eigenvalue weighted by Gasteiger charge is 2.03. The third-order valence-corrected chi connectivity index (χ3v) is 3.68. The summed E-state index contributed by atoms with van der Waals surface area (Å²) in [5, 5.41) is 15.4. The van der Waals surface area contributed by atoms with E-state index in [9.17, 15) is 0 Å². The van der Waals surface area contributed by atoms with Gasteiger partial charge in [0, 0.05) is 24.0 Å². The fourth-order valence-electron chi connectivity index (χ4n) is 2.45. The van der Waals surface area contributed by atoms with E-state index in [2.05, 4.69) is 38.8 Å². The van der Waals surface area contributed by atoms with Crippen LogP contribution in [0.1, 0.15) is 16.8 Å². The molecule has 0 aliphatic carbocycles. The third kappa shape index (κ3) is 4.79. The van der Waals surface area contributed by atoms with Crippen LogP contribution >= 0.6 is 0 Å². The molecule has 0 fully saturated rings. The Labute approximate surface area is 147 Å². The molecule has 3 aromatic rings. The highest BCUT2D eigenvalue weighted by molar-refractivity contribution is 5.58. The summed E-state index contributed by atoms with van der Waals surface area (Å²) in [4.78, 5) is 8.93. The summed E-state index contributed by atoms with van der Waals surface area (Å²) in [5.41, 5.74) is 3.67. The van der Waals surface area contributed by atoms with Crippen LogP contribution in [0.3, 0.4) is 0 Å². The van der Waals surface area contributed by atoms with Crippen molar-refractivity contribution in [3.8, 4) is 6.07 Å². The molecule has 0 saturated carbocycles. The van der Waals surface area contributed by atoms with Crippen LogP contribution in [0.5, 0.6) is 0 Å². The Morgan fingerprint density at radius 3 is 2.48 bits per heavy atom. The van der Waals surface area contributed by atoms with E-state index in [4.69, 9.17) is 5.26 Å². The first-order valence-electron chi connectivity index (χ1n) is 8.13. The summed E-state index contributed by atoms with van der Waals surface area (Å²) < 4.78 is 0. The van der Waals surface area contributed by atoms with Crippen molar-refractivity contribution in [3.05, 3.63) is 77.5 Å². The fraction of sp³-hybridized carbons (Fsp3) is 0.150. The average molecular weight is 329 g/mol. The quantitative estimate of drug-likeness (QED) is 0.713. The number of nitrogens with one attached hydrogen (secondary N) is 2. The average Bonchev–Trinajstić information content (AvgIpc) is 2.63. The molecule has 0 atom stereocenters. The van der Waals surface area contributed by atoms with Gasteiger partial charge in [-0.15, -0.1) is 0 Å². The molecule has 0 unspecified atom stereocenters. The van der Waals surface area contributed by atoms with Gasteiger partial charge in [0.05, 0.1) is 11.6 Å². The summed E-state index contributed by atoms with van der Waals surface area (Å²) >= 11 is 0. The molecule has 1 aromatic heterocycles. The van der Waals surface area contributed by atoms with Crippen LogP contribution < -0.4 is 10.6 Å². The minimum atomic E-state index is 0.604. The lowest BCUT2D eigenvalue weighted by Crippen LogP contribution is -2.09. The van der Waals surface area contributed by atoms with Gasteiger partial charge in [0.2, 0.25) is 5.95 Å². The number of anilines is 3. The van der Waals surface area contributed by atoms with Crippen molar-refractivity contribution in [3.63, 3.8) is 0 Å².